The van der Waals surface area contributed by atoms with E-state index < -0.39 is 0 Å². The van der Waals surface area contributed by atoms with E-state index in [2.05, 4.69) is 89.9 Å². The van der Waals surface area contributed by atoms with Crippen LogP contribution in [-0.2, 0) is 17.9 Å². The van der Waals surface area contributed by atoms with Crippen molar-refractivity contribution in [1.29, 1.82) is 0 Å². The molecule has 0 saturated carbocycles. The number of carbonyl (C=O) groups excluding carboxylic acids is 1. The molecule has 30 heavy (non-hydrogen) atoms. The summed E-state index contributed by atoms with van der Waals surface area (Å²) in [6.07, 6.45) is 0. The van der Waals surface area contributed by atoms with Crippen molar-refractivity contribution in [3.63, 3.8) is 0 Å². The van der Waals surface area contributed by atoms with E-state index in [1.165, 1.54) is 11.1 Å². The summed E-state index contributed by atoms with van der Waals surface area (Å²) in [6, 6.07) is 16.9. The highest BCUT2D eigenvalue weighted by Crippen LogP contribution is 2.16. The Labute approximate surface area is 196 Å². The standard InChI is InChI=1S/C23H31N5O.HI/c1-4-24-23(27(3)16-20-7-5-18(2)6-8-20)26-15-19-9-11-21(12-10-19)28-14-13-25-22(29)17-28;/h5-12H,4,13-17H2,1-3H3,(H,24,26)(H,25,29);1H. The molecule has 0 aromatic heterocycles. The maximum Gasteiger partial charge on any atom is 0.239 e. The van der Waals surface area contributed by atoms with Gasteiger partial charge in [0.25, 0.3) is 0 Å². The van der Waals surface area contributed by atoms with Crippen LogP contribution in [0.4, 0.5) is 5.69 Å². The van der Waals surface area contributed by atoms with Crippen LogP contribution in [0.1, 0.15) is 23.6 Å². The highest BCUT2D eigenvalue weighted by atomic mass is 127. The second-order valence-corrected chi connectivity index (χ2v) is 7.45. The number of aliphatic imine (C=N–C) groups is 1. The van der Waals surface area contributed by atoms with Crippen LogP contribution in [0.25, 0.3) is 0 Å². The Morgan fingerprint density at radius 2 is 1.80 bits per heavy atom. The van der Waals surface area contributed by atoms with Crippen molar-refractivity contribution < 1.29 is 4.79 Å². The topological polar surface area (TPSA) is 60.0 Å². The van der Waals surface area contributed by atoms with Gasteiger partial charge in [-0.1, -0.05) is 42.0 Å². The van der Waals surface area contributed by atoms with Gasteiger partial charge in [0, 0.05) is 38.9 Å². The maximum absolute atomic E-state index is 11.6. The third kappa shape index (κ3) is 6.90. The fraction of sp³-hybridized carbons (Fsp3) is 0.391. The van der Waals surface area contributed by atoms with Gasteiger partial charge in [0.05, 0.1) is 13.1 Å². The summed E-state index contributed by atoms with van der Waals surface area (Å²) in [5.74, 6) is 0.974. The van der Waals surface area contributed by atoms with Crippen molar-refractivity contribution in [1.82, 2.24) is 15.5 Å². The largest absolute Gasteiger partial charge is 0.360 e. The molecule has 1 saturated heterocycles. The zero-order valence-electron chi connectivity index (χ0n) is 18.0. The van der Waals surface area contributed by atoms with E-state index >= 15 is 0 Å². The summed E-state index contributed by atoms with van der Waals surface area (Å²) in [4.78, 5) is 20.6. The number of guanidine groups is 1. The van der Waals surface area contributed by atoms with Gasteiger partial charge in [-0.05, 0) is 37.1 Å². The molecule has 6 nitrogen and oxygen atoms in total. The monoisotopic (exact) mass is 521 g/mol. The Morgan fingerprint density at radius 1 is 1.13 bits per heavy atom. The number of halogens is 1. The summed E-state index contributed by atoms with van der Waals surface area (Å²) in [7, 11) is 2.06. The van der Waals surface area contributed by atoms with Gasteiger partial charge in [-0.2, -0.15) is 0 Å². The van der Waals surface area contributed by atoms with Gasteiger partial charge >= 0.3 is 0 Å². The van der Waals surface area contributed by atoms with E-state index in [0.717, 1.165) is 36.8 Å². The Hall–Kier alpha value is -2.29. The smallest absolute Gasteiger partial charge is 0.239 e. The minimum Gasteiger partial charge on any atom is -0.360 e. The van der Waals surface area contributed by atoms with Gasteiger partial charge < -0.3 is 20.4 Å². The Morgan fingerprint density at radius 3 is 2.43 bits per heavy atom. The van der Waals surface area contributed by atoms with Crippen molar-refractivity contribution in [3.8, 4) is 0 Å². The normalized spacial score (nSPS) is 14.0. The first-order valence-electron chi connectivity index (χ1n) is 10.2. The van der Waals surface area contributed by atoms with Crippen LogP contribution in [0, 0.1) is 6.92 Å². The lowest BCUT2D eigenvalue weighted by Gasteiger charge is -2.28. The summed E-state index contributed by atoms with van der Waals surface area (Å²) >= 11 is 0. The van der Waals surface area contributed by atoms with E-state index in [-0.39, 0.29) is 29.9 Å². The number of carbonyl (C=O) groups is 1. The first kappa shape index (κ1) is 24.0. The molecule has 0 radical (unpaired) electrons. The molecular weight excluding hydrogens is 489 g/mol. The molecule has 2 aromatic carbocycles. The molecule has 2 aromatic rings. The number of anilines is 1. The molecule has 3 rings (SSSR count). The van der Waals surface area contributed by atoms with Gasteiger partial charge in [-0.3, -0.25) is 4.79 Å². The lowest BCUT2D eigenvalue weighted by atomic mass is 10.1. The number of aryl methyl sites for hydroxylation is 1. The van der Waals surface area contributed by atoms with Crippen LogP contribution in [0.2, 0.25) is 0 Å². The molecule has 0 unspecified atom stereocenters. The molecule has 1 fully saturated rings. The van der Waals surface area contributed by atoms with Gasteiger partial charge in [-0.15, -0.1) is 24.0 Å². The molecule has 1 aliphatic rings. The van der Waals surface area contributed by atoms with Crippen molar-refractivity contribution >= 4 is 41.5 Å². The highest BCUT2D eigenvalue weighted by molar-refractivity contribution is 14.0. The minimum atomic E-state index is 0. The van der Waals surface area contributed by atoms with E-state index in [4.69, 9.17) is 4.99 Å². The van der Waals surface area contributed by atoms with Gasteiger partial charge in [0.2, 0.25) is 5.91 Å². The molecule has 0 atom stereocenters. The molecule has 1 amide bonds. The predicted molar refractivity (Wildman–Crippen MR) is 135 cm³/mol. The van der Waals surface area contributed by atoms with Crippen LogP contribution in [-0.4, -0.2) is 50.0 Å². The fourth-order valence-electron chi connectivity index (χ4n) is 3.35. The van der Waals surface area contributed by atoms with Crippen molar-refractivity contribution in [2.45, 2.75) is 26.9 Å². The van der Waals surface area contributed by atoms with Gasteiger partial charge in [0.15, 0.2) is 5.96 Å². The first-order chi connectivity index (χ1) is 14.0. The predicted octanol–water partition coefficient (Wildman–Crippen LogP) is 3.15. The zero-order chi connectivity index (χ0) is 20.6. The second-order valence-electron chi connectivity index (χ2n) is 7.45. The first-order valence-corrected chi connectivity index (χ1v) is 10.2. The van der Waals surface area contributed by atoms with Crippen LogP contribution in [0.3, 0.4) is 0 Å². The van der Waals surface area contributed by atoms with Crippen molar-refractivity contribution in [3.05, 3.63) is 65.2 Å². The Bertz CT molecular complexity index is 836. The van der Waals surface area contributed by atoms with Crippen LogP contribution < -0.4 is 15.5 Å². The molecule has 0 aliphatic carbocycles. The quantitative estimate of drug-likeness (QED) is 0.349. The molecular formula is C23H32IN5O. The third-order valence-electron chi connectivity index (χ3n) is 4.99. The third-order valence-corrected chi connectivity index (χ3v) is 4.99. The molecule has 7 heteroatoms. The van der Waals surface area contributed by atoms with Gasteiger partial charge in [0.1, 0.15) is 0 Å². The Kier molecular flexibility index (Phi) is 9.42. The lowest BCUT2D eigenvalue weighted by Crippen LogP contribution is -2.47. The van der Waals surface area contributed by atoms with Gasteiger partial charge in [-0.25, -0.2) is 4.99 Å². The minimum absolute atomic E-state index is 0. The van der Waals surface area contributed by atoms with Crippen LogP contribution in [0.15, 0.2) is 53.5 Å². The number of hydrogen-bond donors (Lipinski definition) is 2. The number of nitrogens with one attached hydrogen (secondary N) is 2. The van der Waals surface area contributed by atoms with E-state index in [1.807, 2.05) is 0 Å². The SMILES string of the molecule is CCNC(=NCc1ccc(N2CCNC(=O)C2)cc1)N(C)Cc1ccc(C)cc1.I. The number of piperazine rings is 1. The van der Waals surface area contributed by atoms with Crippen molar-refractivity contribution in [2.24, 2.45) is 4.99 Å². The molecule has 162 valence electrons. The second kappa shape index (κ2) is 11.8. The van der Waals surface area contributed by atoms with Crippen molar-refractivity contribution in [2.75, 3.05) is 38.1 Å². The zero-order valence-corrected chi connectivity index (χ0v) is 20.3. The molecule has 0 bridgehead atoms. The number of amides is 1. The van der Waals surface area contributed by atoms with E-state index in [0.29, 0.717) is 19.6 Å². The maximum atomic E-state index is 11.6. The molecule has 1 aliphatic heterocycles. The number of nitrogens with zero attached hydrogens (tertiary/aromatic N) is 3. The van der Waals surface area contributed by atoms with E-state index in [9.17, 15) is 4.79 Å². The lowest BCUT2D eigenvalue weighted by molar-refractivity contribution is -0.120. The summed E-state index contributed by atoms with van der Waals surface area (Å²) in [5.41, 5.74) is 4.76. The van der Waals surface area contributed by atoms with Crippen LogP contribution in [0.5, 0.6) is 0 Å². The fourth-order valence-corrected chi connectivity index (χ4v) is 3.35. The average molecular weight is 521 g/mol. The average Bonchev–Trinajstić information content (AvgIpc) is 2.73. The molecule has 2 N–H and O–H groups in total. The summed E-state index contributed by atoms with van der Waals surface area (Å²) < 4.78 is 0. The van der Waals surface area contributed by atoms with E-state index in [1.54, 1.807) is 0 Å². The number of rotatable bonds is 6. The number of benzene rings is 2. The molecule has 0 spiro atoms. The summed E-state index contributed by atoms with van der Waals surface area (Å²) in [6.45, 7) is 8.40. The van der Waals surface area contributed by atoms with Crippen LogP contribution >= 0.6 is 24.0 Å². The Balaban J connectivity index is 0.00000320. The number of hydrogen-bond acceptors (Lipinski definition) is 3. The molecule has 1 heterocycles. The highest BCUT2D eigenvalue weighted by Gasteiger charge is 2.16. The summed E-state index contributed by atoms with van der Waals surface area (Å²) in [5, 5.41) is 6.23.